The van der Waals surface area contributed by atoms with Crippen LogP contribution in [0.5, 0.6) is 0 Å². The van der Waals surface area contributed by atoms with Gasteiger partial charge in [0.1, 0.15) is 0 Å². The molecule has 0 unspecified atom stereocenters. The first-order valence-corrected chi connectivity index (χ1v) is 4.82. The zero-order chi connectivity index (χ0) is 10.7. The van der Waals surface area contributed by atoms with Crippen LogP contribution in [0.4, 0.5) is 0 Å². The Morgan fingerprint density at radius 2 is 1.87 bits per heavy atom. The average molecular weight is 196 g/mol. The molecule has 0 aliphatic heterocycles. The van der Waals surface area contributed by atoms with Crippen molar-refractivity contribution in [3.8, 4) is 11.4 Å². The molecule has 2 nitrogen and oxygen atoms in total. The van der Waals surface area contributed by atoms with E-state index in [1.807, 2.05) is 43.3 Å². The van der Waals surface area contributed by atoms with Gasteiger partial charge in [-0.3, -0.25) is 0 Å². The maximum absolute atomic E-state index is 4.43. The van der Waals surface area contributed by atoms with E-state index in [1.165, 1.54) is 0 Å². The summed E-state index contributed by atoms with van der Waals surface area (Å²) in [4.78, 5) is 8.67. The first-order valence-electron chi connectivity index (χ1n) is 4.82. The van der Waals surface area contributed by atoms with Crippen molar-refractivity contribution in [1.82, 2.24) is 9.97 Å². The van der Waals surface area contributed by atoms with Gasteiger partial charge in [0.2, 0.25) is 0 Å². The van der Waals surface area contributed by atoms with Crippen LogP contribution < -0.4 is 0 Å². The minimum Gasteiger partial charge on any atom is -0.237 e. The topological polar surface area (TPSA) is 25.8 Å². The van der Waals surface area contributed by atoms with Crippen LogP contribution in [-0.4, -0.2) is 9.97 Å². The second kappa shape index (κ2) is 4.05. The third kappa shape index (κ3) is 2.10. The standard InChI is InChI=1S/C13H12N2/c1-10(2)12-8-9-14-13(15-12)11-6-4-3-5-7-11/h3-9H,1H2,2H3. The molecule has 0 atom stereocenters. The molecule has 2 aromatic rings. The predicted molar refractivity (Wildman–Crippen MR) is 62.2 cm³/mol. The van der Waals surface area contributed by atoms with Gasteiger partial charge in [-0.2, -0.15) is 0 Å². The van der Waals surface area contributed by atoms with Gasteiger partial charge in [0.15, 0.2) is 5.82 Å². The van der Waals surface area contributed by atoms with Crippen LogP contribution in [0.15, 0.2) is 49.2 Å². The lowest BCUT2D eigenvalue weighted by Gasteiger charge is -2.02. The Morgan fingerprint density at radius 1 is 1.13 bits per heavy atom. The zero-order valence-electron chi connectivity index (χ0n) is 8.64. The summed E-state index contributed by atoms with van der Waals surface area (Å²) in [7, 11) is 0. The van der Waals surface area contributed by atoms with Crippen molar-refractivity contribution >= 4 is 5.57 Å². The first-order chi connectivity index (χ1) is 7.27. The highest BCUT2D eigenvalue weighted by atomic mass is 14.9. The molecule has 1 aromatic carbocycles. The van der Waals surface area contributed by atoms with E-state index in [1.54, 1.807) is 6.20 Å². The molecule has 0 radical (unpaired) electrons. The fraction of sp³-hybridized carbons (Fsp3) is 0.0769. The minimum atomic E-state index is 0.746. The van der Waals surface area contributed by atoms with Gasteiger partial charge in [-0.1, -0.05) is 36.9 Å². The molecule has 0 N–H and O–H groups in total. The maximum atomic E-state index is 4.43. The van der Waals surface area contributed by atoms with Crippen LogP contribution in [0, 0.1) is 0 Å². The Morgan fingerprint density at radius 3 is 2.53 bits per heavy atom. The minimum absolute atomic E-state index is 0.746. The third-order valence-electron chi connectivity index (χ3n) is 2.12. The Balaban J connectivity index is 2.46. The van der Waals surface area contributed by atoms with E-state index in [0.717, 1.165) is 22.7 Å². The van der Waals surface area contributed by atoms with Gasteiger partial charge in [-0.05, 0) is 18.6 Å². The highest BCUT2D eigenvalue weighted by molar-refractivity contribution is 5.61. The molecule has 0 amide bonds. The van der Waals surface area contributed by atoms with Crippen LogP contribution in [0.3, 0.4) is 0 Å². The fourth-order valence-corrected chi connectivity index (χ4v) is 1.32. The van der Waals surface area contributed by atoms with E-state index in [-0.39, 0.29) is 0 Å². The van der Waals surface area contributed by atoms with Gasteiger partial charge in [0.25, 0.3) is 0 Å². The monoisotopic (exact) mass is 196 g/mol. The van der Waals surface area contributed by atoms with Crippen LogP contribution in [0.2, 0.25) is 0 Å². The van der Waals surface area contributed by atoms with Crippen molar-refractivity contribution in [3.05, 3.63) is 54.9 Å². The molecule has 0 saturated carbocycles. The van der Waals surface area contributed by atoms with Gasteiger partial charge in [0.05, 0.1) is 5.69 Å². The molecule has 1 heterocycles. The summed E-state index contributed by atoms with van der Waals surface area (Å²) in [5, 5.41) is 0. The van der Waals surface area contributed by atoms with Crippen LogP contribution in [-0.2, 0) is 0 Å². The van der Waals surface area contributed by atoms with Gasteiger partial charge < -0.3 is 0 Å². The van der Waals surface area contributed by atoms with E-state index >= 15 is 0 Å². The summed E-state index contributed by atoms with van der Waals surface area (Å²) in [6, 6.07) is 11.8. The first kappa shape index (κ1) is 9.59. The number of benzene rings is 1. The van der Waals surface area contributed by atoms with Gasteiger partial charge in [-0.25, -0.2) is 9.97 Å². The molecule has 74 valence electrons. The SMILES string of the molecule is C=C(C)c1ccnc(-c2ccccc2)n1. The smallest absolute Gasteiger partial charge is 0.159 e. The average Bonchev–Trinajstić information content (AvgIpc) is 2.30. The van der Waals surface area contributed by atoms with Crippen molar-refractivity contribution < 1.29 is 0 Å². The molecule has 0 fully saturated rings. The molecule has 1 aromatic heterocycles. The normalized spacial score (nSPS) is 9.93. The predicted octanol–water partition coefficient (Wildman–Crippen LogP) is 3.18. The molecule has 0 aliphatic rings. The highest BCUT2D eigenvalue weighted by Gasteiger charge is 2.01. The molecule has 0 saturated heterocycles. The number of hydrogen-bond donors (Lipinski definition) is 0. The maximum Gasteiger partial charge on any atom is 0.159 e. The van der Waals surface area contributed by atoms with E-state index in [2.05, 4.69) is 16.5 Å². The van der Waals surface area contributed by atoms with Crippen molar-refractivity contribution in [2.75, 3.05) is 0 Å². The largest absolute Gasteiger partial charge is 0.237 e. The quantitative estimate of drug-likeness (QED) is 0.737. The van der Waals surface area contributed by atoms with Crippen LogP contribution in [0.1, 0.15) is 12.6 Å². The van der Waals surface area contributed by atoms with Crippen molar-refractivity contribution in [2.24, 2.45) is 0 Å². The second-order valence-corrected chi connectivity index (χ2v) is 3.41. The summed E-state index contributed by atoms with van der Waals surface area (Å²) >= 11 is 0. The van der Waals surface area contributed by atoms with Gasteiger partial charge in [-0.15, -0.1) is 0 Å². The van der Waals surface area contributed by atoms with E-state index in [9.17, 15) is 0 Å². The van der Waals surface area contributed by atoms with E-state index < -0.39 is 0 Å². The fourth-order valence-electron chi connectivity index (χ4n) is 1.32. The Bertz CT molecular complexity index is 475. The van der Waals surface area contributed by atoms with Crippen LogP contribution >= 0.6 is 0 Å². The van der Waals surface area contributed by atoms with Crippen LogP contribution in [0.25, 0.3) is 17.0 Å². The number of allylic oxidation sites excluding steroid dienone is 1. The summed E-state index contributed by atoms with van der Waals surface area (Å²) in [5.41, 5.74) is 2.87. The molecule has 0 aliphatic carbocycles. The van der Waals surface area contributed by atoms with E-state index in [4.69, 9.17) is 0 Å². The summed E-state index contributed by atoms with van der Waals surface area (Å²) in [6.07, 6.45) is 1.76. The third-order valence-corrected chi connectivity index (χ3v) is 2.12. The Labute approximate surface area is 89.3 Å². The molecule has 2 rings (SSSR count). The Kier molecular flexibility index (Phi) is 2.59. The zero-order valence-corrected chi connectivity index (χ0v) is 8.64. The lowest BCUT2D eigenvalue weighted by atomic mass is 10.2. The molecule has 0 spiro atoms. The molecular formula is C13H12N2. The number of hydrogen-bond acceptors (Lipinski definition) is 2. The van der Waals surface area contributed by atoms with Crippen molar-refractivity contribution in [3.63, 3.8) is 0 Å². The van der Waals surface area contributed by atoms with Gasteiger partial charge >= 0.3 is 0 Å². The lowest BCUT2D eigenvalue weighted by Crippen LogP contribution is -1.92. The number of rotatable bonds is 2. The lowest BCUT2D eigenvalue weighted by molar-refractivity contribution is 1.15. The van der Waals surface area contributed by atoms with Crippen molar-refractivity contribution in [2.45, 2.75) is 6.92 Å². The summed E-state index contributed by atoms with van der Waals surface area (Å²) in [5.74, 6) is 0.746. The summed E-state index contributed by atoms with van der Waals surface area (Å²) in [6.45, 7) is 5.81. The second-order valence-electron chi connectivity index (χ2n) is 3.41. The highest BCUT2D eigenvalue weighted by Crippen LogP contribution is 2.16. The molecule has 0 bridgehead atoms. The molecule has 15 heavy (non-hydrogen) atoms. The Hall–Kier alpha value is -1.96. The number of nitrogens with zero attached hydrogens (tertiary/aromatic N) is 2. The number of aromatic nitrogens is 2. The molecule has 2 heteroatoms. The summed E-state index contributed by atoms with van der Waals surface area (Å²) < 4.78 is 0. The van der Waals surface area contributed by atoms with Gasteiger partial charge in [0, 0.05) is 11.8 Å². The van der Waals surface area contributed by atoms with E-state index in [0.29, 0.717) is 0 Å². The molecular weight excluding hydrogens is 184 g/mol. The van der Waals surface area contributed by atoms with Crippen molar-refractivity contribution in [1.29, 1.82) is 0 Å².